The molecule has 1 fully saturated rings. The van der Waals surface area contributed by atoms with Crippen molar-refractivity contribution in [1.82, 2.24) is 0 Å². The molecule has 0 aromatic heterocycles. The molecule has 0 spiro atoms. The first kappa shape index (κ1) is 13.1. The van der Waals surface area contributed by atoms with Crippen LogP contribution in [0.2, 0.25) is 0 Å². The fourth-order valence-corrected chi connectivity index (χ4v) is 1.93. The molecule has 1 unspecified atom stereocenters. The highest BCUT2D eigenvalue weighted by molar-refractivity contribution is 6.39. The van der Waals surface area contributed by atoms with Crippen LogP contribution in [0.3, 0.4) is 0 Å². The van der Waals surface area contributed by atoms with Crippen LogP contribution in [-0.2, 0) is 19.0 Å². The lowest BCUT2D eigenvalue weighted by Crippen LogP contribution is -2.45. The molecule has 0 amide bonds. The van der Waals surface area contributed by atoms with Crippen molar-refractivity contribution in [2.75, 3.05) is 20.3 Å². The van der Waals surface area contributed by atoms with Crippen LogP contribution in [-0.4, -0.2) is 37.5 Å². The van der Waals surface area contributed by atoms with Gasteiger partial charge in [-0.1, -0.05) is 23.2 Å². The molecule has 4 nitrogen and oxygen atoms in total. The molecule has 1 saturated heterocycles. The van der Waals surface area contributed by atoms with Gasteiger partial charge in [-0.05, 0) is 0 Å². The molecule has 0 bridgehead atoms. The van der Waals surface area contributed by atoms with Crippen LogP contribution in [0.1, 0.15) is 0 Å². The predicted molar refractivity (Wildman–Crippen MR) is 56.1 cm³/mol. The van der Waals surface area contributed by atoms with Gasteiger partial charge in [-0.15, -0.1) is 11.6 Å². The predicted octanol–water partition coefficient (Wildman–Crippen LogP) is 1.83. The van der Waals surface area contributed by atoms with E-state index in [9.17, 15) is 4.79 Å². The van der Waals surface area contributed by atoms with Crippen molar-refractivity contribution in [2.24, 2.45) is 0 Å². The minimum Gasteiger partial charge on any atom is -0.468 e. The third-order valence-corrected chi connectivity index (χ3v) is 3.05. The number of ether oxygens (including phenoxy) is 3. The van der Waals surface area contributed by atoms with Crippen molar-refractivity contribution in [3.05, 3.63) is 10.6 Å². The van der Waals surface area contributed by atoms with Crippen LogP contribution in [0.4, 0.5) is 0 Å². The molecule has 7 heteroatoms. The minimum atomic E-state index is -1.53. The van der Waals surface area contributed by atoms with Gasteiger partial charge >= 0.3 is 5.97 Å². The van der Waals surface area contributed by atoms with Crippen molar-refractivity contribution in [3.8, 4) is 0 Å². The second-order valence-electron chi connectivity index (χ2n) is 2.71. The first-order valence-corrected chi connectivity index (χ1v) is 5.29. The van der Waals surface area contributed by atoms with Crippen LogP contribution in [0.5, 0.6) is 0 Å². The molecule has 86 valence electrons. The summed E-state index contributed by atoms with van der Waals surface area (Å²) in [5, 5.41) is -1.19. The molecular formula is C8H9Cl3O4. The third kappa shape index (κ3) is 2.40. The Morgan fingerprint density at radius 1 is 1.53 bits per heavy atom. The Hall–Kier alpha value is -0.0000000000000000971. The smallest absolute Gasteiger partial charge is 0.329 e. The minimum absolute atomic E-state index is 0.00654. The van der Waals surface area contributed by atoms with Gasteiger partial charge in [0, 0.05) is 5.54 Å². The number of carbonyl (C=O) groups excluding carboxylic acids is 1. The highest BCUT2D eigenvalue weighted by Gasteiger charge is 2.51. The van der Waals surface area contributed by atoms with Crippen LogP contribution < -0.4 is 0 Å². The van der Waals surface area contributed by atoms with Crippen LogP contribution in [0.25, 0.3) is 0 Å². The number of halogens is 3. The van der Waals surface area contributed by atoms with E-state index in [1.165, 1.54) is 7.11 Å². The van der Waals surface area contributed by atoms with Gasteiger partial charge < -0.3 is 14.2 Å². The van der Waals surface area contributed by atoms with Crippen LogP contribution in [0, 0.1) is 0 Å². The SMILES string of the molecule is COC(=O)C(Cl)C1(/C(Cl)=C\Cl)OCCO1. The van der Waals surface area contributed by atoms with Crippen molar-refractivity contribution in [3.63, 3.8) is 0 Å². The number of alkyl halides is 1. The maximum atomic E-state index is 11.3. The lowest BCUT2D eigenvalue weighted by molar-refractivity contribution is -0.162. The van der Waals surface area contributed by atoms with E-state index in [4.69, 9.17) is 44.3 Å². The molecule has 0 aliphatic carbocycles. The molecule has 0 aromatic carbocycles. The fourth-order valence-electron chi connectivity index (χ4n) is 1.17. The molecule has 15 heavy (non-hydrogen) atoms. The summed E-state index contributed by atoms with van der Waals surface area (Å²) in [7, 11) is 1.21. The topological polar surface area (TPSA) is 44.8 Å². The van der Waals surface area contributed by atoms with Crippen molar-refractivity contribution >= 4 is 40.8 Å². The van der Waals surface area contributed by atoms with E-state index in [2.05, 4.69) is 4.74 Å². The van der Waals surface area contributed by atoms with Crippen molar-refractivity contribution in [1.29, 1.82) is 0 Å². The summed E-state index contributed by atoms with van der Waals surface area (Å²) < 4.78 is 15.0. The molecular weight excluding hydrogens is 266 g/mol. The summed E-state index contributed by atoms with van der Waals surface area (Å²) in [6, 6.07) is 0. The molecule has 0 radical (unpaired) electrons. The lowest BCUT2D eigenvalue weighted by Gasteiger charge is -2.29. The quantitative estimate of drug-likeness (QED) is 0.582. The largest absolute Gasteiger partial charge is 0.468 e. The summed E-state index contributed by atoms with van der Waals surface area (Å²) in [4.78, 5) is 11.3. The van der Waals surface area contributed by atoms with E-state index in [0.717, 1.165) is 5.54 Å². The third-order valence-electron chi connectivity index (χ3n) is 1.89. The highest BCUT2D eigenvalue weighted by atomic mass is 35.5. The molecule has 1 aliphatic rings. The average Bonchev–Trinajstić information content (AvgIpc) is 2.76. The van der Waals surface area contributed by atoms with E-state index in [-0.39, 0.29) is 18.2 Å². The summed E-state index contributed by atoms with van der Waals surface area (Å²) in [6.45, 7) is 0.558. The number of carbonyl (C=O) groups is 1. The second kappa shape index (κ2) is 5.37. The molecule has 1 rings (SSSR count). The van der Waals surface area contributed by atoms with E-state index in [1.54, 1.807) is 0 Å². The van der Waals surface area contributed by atoms with E-state index >= 15 is 0 Å². The first-order chi connectivity index (χ1) is 7.08. The molecule has 0 aromatic rings. The van der Waals surface area contributed by atoms with E-state index in [1.807, 2.05) is 0 Å². The Bertz CT molecular complexity index is 273. The number of rotatable bonds is 3. The fraction of sp³-hybridized carbons (Fsp3) is 0.625. The van der Waals surface area contributed by atoms with Gasteiger partial charge in [0.1, 0.15) is 0 Å². The summed E-state index contributed by atoms with van der Waals surface area (Å²) in [5.74, 6) is -2.23. The van der Waals surface area contributed by atoms with Gasteiger partial charge in [-0.2, -0.15) is 0 Å². The monoisotopic (exact) mass is 274 g/mol. The Labute approximate surface area is 102 Å². The number of esters is 1. The van der Waals surface area contributed by atoms with Crippen LogP contribution >= 0.6 is 34.8 Å². The summed E-state index contributed by atoms with van der Waals surface area (Å²) in [5.41, 5.74) is 1.05. The lowest BCUT2D eigenvalue weighted by atomic mass is 10.2. The zero-order chi connectivity index (χ0) is 11.5. The first-order valence-electron chi connectivity index (χ1n) is 4.04. The maximum absolute atomic E-state index is 11.3. The normalized spacial score (nSPS) is 22.5. The molecule has 0 N–H and O–H groups in total. The Kier molecular flexibility index (Phi) is 4.67. The average molecular weight is 276 g/mol. The van der Waals surface area contributed by atoms with Gasteiger partial charge in [0.05, 0.1) is 25.4 Å². The molecule has 0 saturated carbocycles. The van der Waals surface area contributed by atoms with Crippen molar-refractivity contribution in [2.45, 2.75) is 11.2 Å². The molecule has 1 heterocycles. The summed E-state index contributed by atoms with van der Waals surface area (Å²) >= 11 is 17.1. The summed E-state index contributed by atoms with van der Waals surface area (Å²) in [6.07, 6.45) is 0. The highest BCUT2D eigenvalue weighted by Crippen LogP contribution is 2.37. The zero-order valence-electron chi connectivity index (χ0n) is 7.84. The van der Waals surface area contributed by atoms with E-state index < -0.39 is 17.1 Å². The number of hydrogen-bond donors (Lipinski definition) is 0. The zero-order valence-corrected chi connectivity index (χ0v) is 10.1. The molecule has 1 atom stereocenters. The number of hydrogen-bond acceptors (Lipinski definition) is 4. The Balaban J connectivity index is 2.96. The van der Waals surface area contributed by atoms with E-state index in [0.29, 0.717) is 0 Å². The van der Waals surface area contributed by atoms with Gasteiger partial charge in [-0.25, -0.2) is 0 Å². The second-order valence-corrected chi connectivity index (χ2v) is 3.77. The maximum Gasteiger partial charge on any atom is 0.329 e. The van der Waals surface area contributed by atoms with Crippen LogP contribution in [0.15, 0.2) is 10.6 Å². The van der Waals surface area contributed by atoms with Gasteiger partial charge in [-0.3, -0.25) is 4.79 Å². The standard InChI is InChI=1S/C8H9Cl3O4/c1-13-7(12)6(11)8(5(10)4-9)14-2-3-15-8/h4,6H,2-3H2,1H3/b5-4+. The van der Waals surface area contributed by atoms with Gasteiger partial charge in [0.15, 0.2) is 5.38 Å². The Morgan fingerprint density at radius 3 is 2.47 bits per heavy atom. The molecule has 1 aliphatic heterocycles. The number of methoxy groups -OCH3 is 1. The van der Waals surface area contributed by atoms with Gasteiger partial charge in [0.2, 0.25) is 5.79 Å². The van der Waals surface area contributed by atoms with Gasteiger partial charge in [0.25, 0.3) is 0 Å². The van der Waals surface area contributed by atoms with Crippen molar-refractivity contribution < 1.29 is 19.0 Å². The Morgan fingerprint density at radius 2 is 2.07 bits per heavy atom.